The van der Waals surface area contributed by atoms with E-state index in [0.29, 0.717) is 0 Å². The van der Waals surface area contributed by atoms with Gasteiger partial charge in [0.05, 0.1) is 10.5 Å². The van der Waals surface area contributed by atoms with E-state index in [1.807, 2.05) is 0 Å². The van der Waals surface area contributed by atoms with Crippen molar-refractivity contribution < 1.29 is 18.5 Å². The van der Waals surface area contributed by atoms with Crippen LogP contribution >= 0.6 is 11.8 Å². The Hall–Kier alpha value is -1.50. The molecule has 1 aromatic rings. The molecule has 0 N–H and O–H groups in total. The molecule has 0 spiro atoms. The summed E-state index contributed by atoms with van der Waals surface area (Å²) >= 11 is 1.79. The highest BCUT2D eigenvalue weighted by molar-refractivity contribution is 7.99. The van der Waals surface area contributed by atoms with Gasteiger partial charge >= 0.3 is 5.69 Å². The third-order valence-electron chi connectivity index (χ3n) is 3.36. The number of thioether (sulfide) groups is 1. The molecule has 1 saturated heterocycles. The Kier molecular flexibility index (Phi) is 4.69. The van der Waals surface area contributed by atoms with E-state index in [-0.39, 0.29) is 12.3 Å². The van der Waals surface area contributed by atoms with E-state index in [4.69, 9.17) is 0 Å². The molecule has 108 valence electrons. The van der Waals surface area contributed by atoms with Gasteiger partial charge in [0, 0.05) is 12.5 Å². The minimum absolute atomic E-state index is 0.0373. The lowest BCUT2D eigenvalue weighted by Gasteiger charge is -2.20. The Morgan fingerprint density at radius 1 is 1.35 bits per heavy atom. The molecule has 2 rings (SSSR count). The van der Waals surface area contributed by atoms with Crippen LogP contribution in [0, 0.1) is 27.7 Å². The number of nitro groups is 1. The summed E-state index contributed by atoms with van der Waals surface area (Å²) in [5, 5.41) is 10.6. The largest absolute Gasteiger partial charge is 0.305 e. The minimum atomic E-state index is -1.37. The van der Waals surface area contributed by atoms with Crippen LogP contribution in [0.1, 0.15) is 29.6 Å². The fourth-order valence-electron chi connectivity index (χ4n) is 2.25. The molecule has 7 heteroatoms. The second kappa shape index (κ2) is 6.30. The van der Waals surface area contributed by atoms with Crippen molar-refractivity contribution in [2.24, 2.45) is 5.92 Å². The number of nitro benzene ring substituents is 1. The Balaban J connectivity index is 2.24. The Labute approximate surface area is 118 Å². The molecule has 0 bridgehead atoms. The Morgan fingerprint density at radius 3 is 2.60 bits per heavy atom. The van der Waals surface area contributed by atoms with E-state index in [0.717, 1.165) is 36.5 Å². The highest BCUT2D eigenvalue weighted by atomic mass is 32.2. The summed E-state index contributed by atoms with van der Waals surface area (Å²) in [6, 6.07) is 1.50. The second-order valence-corrected chi connectivity index (χ2v) is 5.92. The number of Topliss-reactive ketones (excluding diaryl/α,β-unsaturated/α-hetero) is 1. The van der Waals surface area contributed by atoms with Crippen LogP contribution in [0.2, 0.25) is 0 Å². The number of carbonyl (C=O) groups is 1. The number of halogens is 2. The molecule has 20 heavy (non-hydrogen) atoms. The lowest BCUT2D eigenvalue weighted by Crippen LogP contribution is -2.16. The maximum absolute atomic E-state index is 13.9. The summed E-state index contributed by atoms with van der Waals surface area (Å²) < 4.78 is 27.5. The van der Waals surface area contributed by atoms with E-state index in [1.165, 1.54) is 0 Å². The lowest BCUT2D eigenvalue weighted by atomic mass is 9.93. The number of hydrogen-bond donors (Lipinski definition) is 0. The van der Waals surface area contributed by atoms with Gasteiger partial charge in [0.2, 0.25) is 5.82 Å². The molecule has 0 saturated carbocycles. The topological polar surface area (TPSA) is 60.2 Å². The van der Waals surface area contributed by atoms with Gasteiger partial charge in [0.1, 0.15) is 5.82 Å². The van der Waals surface area contributed by atoms with Crippen molar-refractivity contribution >= 4 is 23.2 Å². The van der Waals surface area contributed by atoms with Crippen molar-refractivity contribution in [3.63, 3.8) is 0 Å². The molecule has 1 fully saturated rings. The fourth-order valence-corrected chi connectivity index (χ4v) is 3.46. The molecule has 1 aliphatic rings. The number of hydrogen-bond acceptors (Lipinski definition) is 4. The molecule has 0 amide bonds. The monoisotopic (exact) mass is 301 g/mol. The van der Waals surface area contributed by atoms with Crippen LogP contribution in [0.25, 0.3) is 0 Å². The summed E-state index contributed by atoms with van der Waals surface area (Å²) in [5.41, 5.74) is -1.65. The predicted molar refractivity (Wildman–Crippen MR) is 72.0 cm³/mol. The van der Waals surface area contributed by atoms with Gasteiger partial charge < -0.3 is 0 Å². The van der Waals surface area contributed by atoms with Crippen LogP contribution < -0.4 is 0 Å². The molecular weight excluding hydrogens is 288 g/mol. The highest BCUT2D eigenvalue weighted by Crippen LogP contribution is 2.29. The minimum Gasteiger partial charge on any atom is -0.294 e. The molecule has 0 unspecified atom stereocenters. The summed E-state index contributed by atoms with van der Waals surface area (Å²) in [4.78, 5) is 21.7. The first kappa shape index (κ1) is 14.9. The lowest BCUT2D eigenvalue weighted by molar-refractivity contribution is -0.387. The average molecular weight is 301 g/mol. The molecule has 0 radical (unpaired) electrons. The molecule has 0 aliphatic carbocycles. The fraction of sp³-hybridized carbons (Fsp3) is 0.462. The van der Waals surface area contributed by atoms with Gasteiger partial charge in [-0.05, 0) is 36.3 Å². The van der Waals surface area contributed by atoms with Gasteiger partial charge in [-0.3, -0.25) is 14.9 Å². The molecule has 4 nitrogen and oxygen atoms in total. The van der Waals surface area contributed by atoms with Gasteiger partial charge in [0.25, 0.3) is 0 Å². The van der Waals surface area contributed by atoms with E-state index in [2.05, 4.69) is 0 Å². The number of nitrogens with zero attached hydrogens (tertiary/aromatic N) is 1. The van der Waals surface area contributed by atoms with Gasteiger partial charge in [-0.2, -0.15) is 16.2 Å². The molecule has 1 aromatic carbocycles. The maximum atomic E-state index is 13.9. The normalized spacial score (nSPS) is 16.1. The van der Waals surface area contributed by atoms with Gasteiger partial charge in [0.15, 0.2) is 5.78 Å². The summed E-state index contributed by atoms with van der Waals surface area (Å²) in [6.45, 7) is 0. The van der Waals surface area contributed by atoms with Crippen molar-refractivity contribution in [2.75, 3.05) is 11.5 Å². The number of carbonyl (C=O) groups excluding carboxylic acids is 1. The van der Waals surface area contributed by atoms with Crippen molar-refractivity contribution in [3.05, 3.63) is 39.4 Å². The molecule has 1 heterocycles. The van der Waals surface area contributed by atoms with Crippen LogP contribution in [-0.2, 0) is 0 Å². The first-order valence-electron chi connectivity index (χ1n) is 6.24. The number of rotatable bonds is 4. The van der Waals surface area contributed by atoms with Crippen molar-refractivity contribution in [3.8, 4) is 0 Å². The van der Waals surface area contributed by atoms with E-state index >= 15 is 0 Å². The van der Waals surface area contributed by atoms with E-state index in [1.54, 1.807) is 11.8 Å². The zero-order valence-electron chi connectivity index (χ0n) is 10.6. The van der Waals surface area contributed by atoms with E-state index < -0.39 is 33.6 Å². The van der Waals surface area contributed by atoms with Crippen LogP contribution in [0.15, 0.2) is 12.1 Å². The summed E-state index contributed by atoms with van der Waals surface area (Å²) in [6.07, 6.45) is 1.69. The Morgan fingerprint density at radius 2 is 2.00 bits per heavy atom. The standard InChI is InChI=1S/C13H13F2NO3S/c14-9-1-2-10(16(18)19)13(15)12(9)11(17)7-8-3-5-20-6-4-8/h1-2,8H,3-7H2. The zero-order valence-corrected chi connectivity index (χ0v) is 11.4. The Bertz CT molecular complexity index is 545. The number of ketones is 1. The third-order valence-corrected chi connectivity index (χ3v) is 4.41. The van der Waals surface area contributed by atoms with E-state index in [9.17, 15) is 23.7 Å². The van der Waals surface area contributed by atoms with Crippen molar-refractivity contribution in [1.29, 1.82) is 0 Å². The van der Waals surface area contributed by atoms with Crippen molar-refractivity contribution in [1.82, 2.24) is 0 Å². The average Bonchev–Trinajstić information content (AvgIpc) is 2.39. The van der Waals surface area contributed by atoms with Crippen molar-refractivity contribution in [2.45, 2.75) is 19.3 Å². The molecular formula is C13H13F2NO3S. The van der Waals surface area contributed by atoms with Crippen LogP contribution in [0.4, 0.5) is 14.5 Å². The number of benzene rings is 1. The summed E-state index contributed by atoms with van der Waals surface area (Å²) in [7, 11) is 0. The van der Waals surface area contributed by atoms with Gasteiger partial charge in [-0.25, -0.2) is 4.39 Å². The SMILES string of the molecule is O=C(CC1CCSCC1)c1c(F)ccc([N+](=O)[O-])c1F. The third kappa shape index (κ3) is 3.15. The first-order valence-corrected chi connectivity index (χ1v) is 7.39. The maximum Gasteiger partial charge on any atom is 0.305 e. The van der Waals surface area contributed by atoms with Gasteiger partial charge in [-0.15, -0.1) is 0 Å². The van der Waals surface area contributed by atoms with Crippen LogP contribution in [0.5, 0.6) is 0 Å². The first-order chi connectivity index (χ1) is 9.50. The zero-order chi connectivity index (χ0) is 14.7. The second-order valence-electron chi connectivity index (χ2n) is 4.70. The molecule has 0 atom stereocenters. The van der Waals surface area contributed by atoms with Gasteiger partial charge in [-0.1, -0.05) is 0 Å². The van der Waals surface area contributed by atoms with Crippen LogP contribution in [0.3, 0.4) is 0 Å². The predicted octanol–water partition coefficient (Wildman–Crippen LogP) is 3.59. The quantitative estimate of drug-likeness (QED) is 0.484. The van der Waals surface area contributed by atoms with Crippen LogP contribution in [-0.4, -0.2) is 22.2 Å². The molecule has 0 aromatic heterocycles. The smallest absolute Gasteiger partial charge is 0.294 e. The highest BCUT2D eigenvalue weighted by Gasteiger charge is 2.28. The summed E-state index contributed by atoms with van der Waals surface area (Å²) in [5.74, 6) is -1.15. The molecule has 1 aliphatic heterocycles.